The molecule has 1 heterocycles. The van der Waals surface area contributed by atoms with Gasteiger partial charge in [0.1, 0.15) is 0 Å². The second-order valence-electron chi connectivity index (χ2n) is 4.30. The first kappa shape index (κ1) is 12.9. The molecule has 5 heteroatoms. The number of carboxylic acid groups (broad SMARTS) is 1. The molecule has 1 aromatic carbocycles. The molecule has 0 radical (unpaired) electrons. The van der Waals surface area contributed by atoms with Crippen molar-refractivity contribution in [3.8, 4) is 0 Å². The van der Waals surface area contributed by atoms with E-state index in [2.05, 4.69) is 5.32 Å². The molecule has 0 aliphatic carbocycles. The van der Waals surface area contributed by atoms with Gasteiger partial charge < -0.3 is 19.9 Å². The van der Waals surface area contributed by atoms with Crippen LogP contribution in [0.5, 0.6) is 0 Å². The van der Waals surface area contributed by atoms with Crippen molar-refractivity contribution in [3.63, 3.8) is 0 Å². The quantitative estimate of drug-likeness (QED) is 0.849. The van der Waals surface area contributed by atoms with Crippen LogP contribution in [0, 0.1) is 6.92 Å². The molecule has 0 amide bonds. The number of nitrogens with one attached hydrogen (secondary N) is 1. The van der Waals surface area contributed by atoms with Crippen LogP contribution in [0.25, 0.3) is 0 Å². The minimum absolute atomic E-state index is 0.0262. The first-order valence-electron chi connectivity index (χ1n) is 5.94. The number of ether oxygens (including phenoxy) is 2. The zero-order valence-electron chi connectivity index (χ0n) is 10.3. The number of aromatic carboxylic acids is 1. The maximum absolute atomic E-state index is 11.1. The van der Waals surface area contributed by atoms with Crippen LogP contribution in [0.3, 0.4) is 0 Å². The Balaban J connectivity index is 2.01. The highest BCUT2D eigenvalue weighted by Crippen LogP contribution is 2.17. The van der Waals surface area contributed by atoms with Crippen LogP contribution in [0.2, 0.25) is 0 Å². The van der Waals surface area contributed by atoms with Crippen molar-refractivity contribution in [2.45, 2.75) is 13.0 Å². The predicted molar refractivity (Wildman–Crippen MR) is 67.2 cm³/mol. The van der Waals surface area contributed by atoms with E-state index in [0.29, 0.717) is 32.1 Å². The summed E-state index contributed by atoms with van der Waals surface area (Å²) in [5.74, 6) is -0.929. The van der Waals surface area contributed by atoms with Gasteiger partial charge in [-0.3, -0.25) is 0 Å². The maximum Gasteiger partial charge on any atom is 0.337 e. The number of rotatable bonds is 4. The lowest BCUT2D eigenvalue weighted by molar-refractivity contribution is -0.0818. The Morgan fingerprint density at radius 2 is 2.33 bits per heavy atom. The number of hydrogen-bond acceptors (Lipinski definition) is 4. The molecule has 0 saturated carbocycles. The summed E-state index contributed by atoms with van der Waals surface area (Å²) in [6, 6.07) is 5.32. The highest BCUT2D eigenvalue weighted by molar-refractivity contribution is 5.94. The maximum atomic E-state index is 11.1. The molecule has 1 aliphatic heterocycles. The van der Waals surface area contributed by atoms with Crippen LogP contribution in [-0.4, -0.2) is 43.5 Å². The van der Waals surface area contributed by atoms with Gasteiger partial charge in [0, 0.05) is 12.2 Å². The van der Waals surface area contributed by atoms with Crippen molar-refractivity contribution in [3.05, 3.63) is 29.3 Å². The summed E-state index contributed by atoms with van der Waals surface area (Å²) in [5.41, 5.74) is 1.82. The largest absolute Gasteiger partial charge is 0.478 e. The molecule has 1 fully saturated rings. The van der Waals surface area contributed by atoms with Gasteiger partial charge in [-0.25, -0.2) is 4.79 Å². The summed E-state index contributed by atoms with van der Waals surface area (Å²) >= 11 is 0. The van der Waals surface area contributed by atoms with Gasteiger partial charge in [-0.2, -0.15) is 0 Å². The summed E-state index contributed by atoms with van der Waals surface area (Å²) in [7, 11) is 0. The van der Waals surface area contributed by atoms with Gasteiger partial charge in [0.25, 0.3) is 0 Å². The fourth-order valence-electron chi connectivity index (χ4n) is 1.87. The summed E-state index contributed by atoms with van der Waals surface area (Å²) in [4.78, 5) is 11.1. The van der Waals surface area contributed by atoms with Crippen LogP contribution >= 0.6 is 0 Å². The molecule has 2 N–H and O–H groups in total. The summed E-state index contributed by atoms with van der Waals surface area (Å²) in [5, 5.41) is 12.2. The second kappa shape index (κ2) is 5.84. The number of carboxylic acids is 1. The number of aryl methyl sites for hydroxylation is 1. The van der Waals surface area contributed by atoms with Gasteiger partial charge in [-0.15, -0.1) is 0 Å². The molecule has 1 aromatic rings. The minimum atomic E-state index is -0.929. The summed E-state index contributed by atoms with van der Waals surface area (Å²) in [6.07, 6.45) is -0.0262. The van der Waals surface area contributed by atoms with E-state index in [0.717, 1.165) is 5.56 Å². The van der Waals surface area contributed by atoms with E-state index in [-0.39, 0.29) is 11.7 Å². The molecular formula is C13H17NO4. The first-order valence-corrected chi connectivity index (χ1v) is 5.94. The molecule has 1 atom stereocenters. The van der Waals surface area contributed by atoms with E-state index in [1.807, 2.05) is 13.0 Å². The minimum Gasteiger partial charge on any atom is -0.478 e. The molecule has 2 rings (SSSR count). The monoisotopic (exact) mass is 251 g/mol. The lowest BCUT2D eigenvalue weighted by Crippen LogP contribution is -2.34. The van der Waals surface area contributed by atoms with Gasteiger partial charge in [-0.1, -0.05) is 11.6 Å². The van der Waals surface area contributed by atoms with Crippen LogP contribution in [-0.2, 0) is 9.47 Å². The molecule has 18 heavy (non-hydrogen) atoms. The average molecular weight is 251 g/mol. The molecule has 1 unspecified atom stereocenters. The summed E-state index contributed by atoms with van der Waals surface area (Å²) in [6.45, 7) is 4.17. The molecule has 5 nitrogen and oxygen atoms in total. The number of carbonyl (C=O) groups is 1. The van der Waals surface area contributed by atoms with Crippen LogP contribution in [0.4, 0.5) is 5.69 Å². The van der Waals surface area contributed by atoms with Crippen LogP contribution in [0.15, 0.2) is 18.2 Å². The second-order valence-corrected chi connectivity index (χ2v) is 4.30. The van der Waals surface area contributed by atoms with Gasteiger partial charge in [0.05, 0.1) is 31.5 Å². The van der Waals surface area contributed by atoms with E-state index in [1.165, 1.54) is 0 Å². The van der Waals surface area contributed by atoms with Gasteiger partial charge >= 0.3 is 5.97 Å². The van der Waals surface area contributed by atoms with Gasteiger partial charge in [0.15, 0.2) is 0 Å². The molecule has 98 valence electrons. The third kappa shape index (κ3) is 3.21. The molecule has 1 aliphatic rings. The van der Waals surface area contributed by atoms with Crippen LogP contribution < -0.4 is 5.32 Å². The summed E-state index contributed by atoms with van der Waals surface area (Å²) < 4.78 is 10.8. The van der Waals surface area contributed by atoms with Crippen LogP contribution in [0.1, 0.15) is 15.9 Å². The van der Waals surface area contributed by atoms with Gasteiger partial charge in [0.2, 0.25) is 0 Å². The third-order valence-electron chi connectivity index (χ3n) is 2.81. The van der Waals surface area contributed by atoms with E-state index >= 15 is 0 Å². The normalized spacial score (nSPS) is 19.5. The Hall–Kier alpha value is -1.59. The zero-order valence-corrected chi connectivity index (χ0v) is 10.3. The highest BCUT2D eigenvalue weighted by Gasteiger charge is 2.16. The van der Waals surface area contributed by atoms with E-state index in [1.54, 1.807) is 12.1 Å². The Bertz CT molecular complexity index is 427. The average Bonchev–Trinajstić information content (AvgIpc) is 2.38. The fourth-order valence-corrected chi connectivity index (χ4v) is 1.87. The lowest BCUT2D eigenvalue weighted by Gasteiger charge is -2.23. The Labute approximate surface area is 106 Å². The molecule has 0 aromatic heterocycles. The van der Waals surface area contributed by atoms with Crippen molar-refractivity contribution in [2.24, 2.45) is 0 Å². The smallest absolute Gasteiger partial charge is 0.337 e. The lowest BCUT2D eigenvalue weighted by atomic mass is 10.1. The Morgan fingerprint density at radius 3 is 3.00 bits per heavy atom. The molecule has 0 bridgehead atoms. The number of benzene rings is 1. The standard InChI is InChI=1S/C13H17NO4/c1-9-2-3-12(11(6-9)13(15)16)14-7-10-8-17-4-5-18-10/h2-3,6,10,14H,4-5,7-8H2,1H3,(H,15,16). The molecular weight excluding hydrogens is 234 g/mol. The Kier molecular flexibility index (Phi) is 4.17. The fraction of sp³-hybridized carbons (Fsp3) is 0.462. The topological polar surface area (TPSA) is 67.8 Å². The Morgan fingerprint density at radius 1 is 1.50 bits per heavy atom. The number of anilines is 1. The number of hydrogen-bond donors (Lipinski definition) is 2. The van der Waals surface area contributed by atoms with E-state index in [9.17, 15) is 4.79 Å². The predicted octanol–water partition coefficient (Wildman–Crippen LogP) is 1.52. The first-order chi connectivity index (χ1) is 8.66. The van der Waals surface area contributed by atoms with Crippen molar-refractivity contribution in [2.75, 3.05) is 31.7 Å². The van der Waals surface area contributed by atoms with E-state index < -0.39 is 5.97 Å². The van der Waals surface area contributed by atoms with Crippen molar-refractivity contribution in [1.82, 2.24) is 0 Å². The van der Waals surface area contributed by atoms with Gasteiger partial charge in [-0.05, 0) is 19.1 Å². The third-order valence-corrected chi connectivity index (χ3v) is 2.81. The van der Waals surface area contributed by atoms with E-state index in [4.69, 9.17) is 14.6 Å². The highest BCUT2D eigenvalue weighted by atomic mass is 16.6. The van der Waals surface area contributed by atoms with Crippen molar-refractivity contribution < 1.29 is 19.4 Å². The SMILES string of the molecule is Cc1ccc(NCC2COCCO2)c(C(=O)O)c1. The molecule has 0 spiro atoms. The molecule has 1 saturated heterocycles. The zero-order chi connectivity index (χ0) is 13.0. The van der Waals surface area contributed by atoms with Crippen molar-refractivity contribution >= 4 is 11.7 Å². The van der Waals surface area contributed by atoms with Crippen molar-refractivity contribution in [1.29, 1.82) is 0 Å².